The third-order valence-electron chi connectivity index (χ3n) is 6.09. The van der Waals surface area contributed by atoms with Crippen molar-refractivity contribution in [1.82, 2.24) is 20.1 Å². The first-order valence-corrected chi connectivity index (χ1v) is 10.1. The predicted octanol–water partition coefficient (Wildman–Crippen LogP) is 3.31. The van der Waals surface area contributed by atoms with Crippen LogP contribution in [0, 0.1) is 5.82 Å². The van der Waals surface area contributed by atoms with E-state index in [2.05, 4.69) is 20.1 Å². The average Bonchev–Trinajstić information content (AvgIpc) is 3.24. The van der Waals surface area contributed by atoms with Crippen molar-refractivity contribution in [3.63, 3.8) is 0 Å². The van der Waals surface area contributed by atoms with E-state index in [4.69, 9.17) is 0 Å². The quantitative estimate of drug-likeness (QED) is 0.878. The molecule has 1 N–H and O–H groups in total. The van der Waals surface area contributed by atoms with E-state index >= 15 is 0 Å². The molecule has 2 aliphatic rings. The van der Waals surface area contributed by atoms with Crippen LogP contribution in [0.25, 0.3) is 0 Å². The van der Waals surface area contributed by atoms with Gasteiger partial charge < -0.3 is 9.88 Å². The molecule has 5 nitrogen and oxygen atoms in total. The second-order valence-corrected chi connectivity index (χ2v) is 7.80. The van der Waals surface area contributed by atoms with Crippen molar-refractivity contribution in [3.05, 3.63) is 47.3 Å². The predicted molar refractivity (Wildman–Crippen MR) is 101 cm³/mol. The van der Waals surface area contributed by atoms with Crippen molar-refractivity contribution in [1.29, 1.82) is 0 Å². The molecule has 1 saturated carbocycles. The molecule has 1 amide bonds. The monoisotopic (exact) mass is 370 g/mol. The Labute approximate surface area is 159 Å². The minimum Gasteiger partial charge on any atom is -0.355 e. The zero-order valence-electron chi connectivity index (χ0n) is 15.7. The molecule has 0 radical (unpaired) electrons. The summed E-state index contributed by atoms with van der Waals surface area (Å²) in [7, 11) is 0. The van der Waals surface area contributed by atoms with Crippen LogP contribution in [0.2, 0.25) is 0 Å². The Hall–Kier alpha value is -2.24. The van der Waals surface area contributed by atoms with E-state index in [1.807, 2.05) is 6.07 Å². The molecule has 1 aliphatic heterocycles. The van der Waals surface area contributed by atoms with Gasteiger partial charge in [-0.1, -0.05) is 31.4 Å². The maximum absolute atomic E-state index is 13.7. The van der Waals surface area contributed by atoms with Crippen molar-refractivity contribution >= 4 is 5.91 Å². The van der Waals surface area contributed by atoms with Crippen LogP contribution in [0.5, 0.6) is 0 Å². The maximum atomic E-state index is 13.7. The molecule has 0 saturated heterocycles. The highest BCUT2D eigenvalue weighted by Gasteiger charge is 2.42. The van der Waals surface area contributed by atoms with Crippen molar-refractivity contribution in [2.24, 2.45) is 0 Å². The number of amides is 1. The van der Waals surface area contributed by atoms with Gasteiger partial charge in [-0.3, -0.25) is 4.79 Å². The summed E-state index contributed by atoms with van der Waals surface area (Å²) in [4.78, 5) is 13.1. The summed E-state index contributed by atoms with van der Waals surface area (Å²) in [6.07, 6.45) is 8.79. The molecule has 1 aromatic heterocycles. The highest BCUT2D eigenvalue weighted by atomic mass is 19.1. The van der Waals surface area contributed by atoms with Gasteiger partial charge in [0.25, 0.3) is 0 Å². The van der Waals surface area contributed by atoms with Gasteiger partial charge in [-0.05, 0) is 43.4 Å². The number of rotatable bonds is 5. The van der Waals surface area contributed by atoms with E-state index in [0.29, 0.717) is 13.0 Å². The van der Waals surface area contributed by atoms with Gasteiger partial charge in [-0.15, -0.1) is 10.2 Å². The lowest BCUT2D eigenvalue weighted by Crippen LogP contribution is -2.43. The van der Waals surface area contributed by atoms with E-state index in [0.717, 1.165) is 62.3 Å². The van der Waals surface area contributed by atoms with Crippen LogP contribution >= 0.6 is 0 Å². The topological polar surface area (TPSA) is 59.8 Å². The number of carbonyl (C=O) groups excluding carboxylic acids is 1. The summed E-state index contributed by atoms with van der Waals surface area (Å²) in [5, 5.41) is 11.8. The molecule has 0 unspecified atom stereocenters. The summed E-state index contributed by atoms with van der Waals surface area (Å²) < 4.78 is 16.0. The lowest BCUT2D eigenvalue weighted by molar-refractivity contribution is -0.126. The standard InChI is InChI=1S/C21H27FN4O/c22-17-8-6-7-16(15-17)21(11-3-4-12-21)20(27)23-13-10-19-25-24-18-9-2-1-5-14-26(18)19/h6-8,15H,1-5,9-14H2,(H,23,27). The molecule has 1 fully saturated rings. The molecule has 0 spiro atoms. The fourth-order valence-corrected chi connectivity index (χ4v) is 4.60. The molecule has 27 heavy (non-hydrogen) atoms. The second-order valence-electron chi connectivity index (χ2n) is 7.80. The Morgan fingerprint density at radius 1 is 1.15 bits per heavy atom. The largest absolute Gasteiger partial charge is 0.355 e. The number of aryl methyl sites for hydroxylation is 1. The fraction of sp³-hybridized carbons (Fsp3) is 0.571. The Balaban J connectivity index is 1.43. The third kappa shape index (κ3) is 3.62. The summed E-state index contributed by atoms with van der Waals surface area (Å²) in [5.41, 5.74) is 0.206. The average molecular weight is 370 g/mol. The summed E-state index contributed by atoms with van der Waals surface area (Å²) in [5.74, 6) is 1.76. The van der Waals surface area contributed by atoms with E-state index in [1.54, 1.807) is 6.07 Å². The lowest BCUT2D eigenvalue weighted by atomic mass is 9.78. The Morgan fingerprint density at radius 3 is 2.81 bits per heavy atom. The molecule has 6 heteroatoms. The molecule has 0 atom stereocenters. The van der Waals surface area contributed by atoms with Gasteiger partial charge >= 0.3 is 0 Å². The van der Waals surface area contributed by atoms with Gasteiger partial charge in [0, 0.05) is 25.9 Å². The normalized spacial score (nSPS) is 18.7. The molecule has 4 rings (SSSR count). The third-order valence-corrected chi connectivity index (χ3v) is 6.09. The number of benzene rings is 1. The minimum atomic E-state index is -0.593. The van der Waals surface area contributed by atoms with Crippen LogP contribution < -0.4 is 5.32 Å². The van der Waals surface area contributed by atoms with Crippen molar-refractivity contribution in [2.45, 2.75) is 69.7 Å². The smallest absolute Gasteiger partial charge is 0.230 e. The molecule has 1 aromatic carbocycles. The number of hydrogen-bond donors (Lipinski definition) is 1. The fourth-order valence-electron chi connectivity index (χ4n) is 4.60. The number of fused-ring (bicyclic) bond motifs is 1. The van der Waals surface area contributed by atoms with Crippen LogP contribution in [-0.2, 0) is 29.6 Å². The van der Waals surface area contributed by atoms with E-state index in [9.17, 15) is 9.18 Å². The summed E-state index contributed by atoms with van der Waals surface area (Å²) in [6.45, 7) is 1.51. The van der Waals surface area contributed by atoms with E-state index in [1.165, 1.54) is 25.0 Å². The van der Waals surface area contributed by atoms with Crippen LogP contribution in [0.3, 0.4) is 0 Å². The highest BCUT2D eigenvalue weighted by Crippen LogP contribution is 2.41. The number of carbonyl (C=O) groups is 1. The number of nitrogens with zero attached hydrogens (tertiary/aromatic N) is 3. The van der Waals surface area contributed by atoms with Crippen molar-refractivity contribution in [3.8, 4) is 0 Å². The number of nitrogens with one attached hydrogen (secondary N) is 1. The lowest BCUT2D eigenvalue weighted by Gasteiger charge is -2.28. The number of aromatic nitrogens is 3. The van der Waals surface area contributed by atoms with Crippen LogP contribution in [0.1, 0.15) is 62.2 Å². The summed E-state index contributed by atoms with van der Waals surface area (Å²) >= 11 is 0. The van der Waals surface area contributed by atoms with Crippen LogP contribution in [0.15, 0.2) is 24.3 Å². The van der Waals surface area contributed by atoms with Crippen molar-refractivity contribution < 1.29 is 9.18 Å². The maximum Gasteiger partial charge on any atom is 0.230 e. The first kappa shape index (κ1) is 18.1. The molecular weight excluding hydrogens is 343 g/mol. The van der Waals surface area contributed by atoms with Gasteiger partial charge in [0.05, 0.1) is 5.41 Å². The van der Waals surface area contributed by atoms with Crippen LogP contribution in [0.4, 0.5) is 4.39 Å². The molecule has 2 heterocycles. The van der Waals surface area contributed by atoms with Gasteiger partial charge in [-0.25, -0.2) is 4.39 Å². The minimum absolute atomic E-state index is 0.0150. The number of halogens is 1. The Kier molecular flexibility index (Phi) is 5.23. The molecule has 144 valence electrons. The summed E-state index contributed by atoms with van der Waals surface area (Å²) in [6, 6.07) is 6.53. The van der Waals surface area contributed by atoms with Gasteiger partial charge in [0.1, 0.15) is 17.5 Å². The zero-order chi connectivity index (χ0) is 18.7. The van der Waals surface area contributed by atoms with Crippen LogP contribution in [-0.4, -0.2) is 27.2 Å². The molecule has 2 aromatic rings. The SMILES string of the molecule is O=C(NCCc1nnc2n1CCCCC2)C1(c2cccc(F)c2)CCCC1. The Bertz CT molecular complexity index is 810. The Morgan fingerprint density at radius 2 is 2.00 bits per heavy atom. The molecule has 1 aliphatic carbocycles. The van der Waals surface area contributed by atoms with E-state index in [-0.39, 0.29) is 11.7 Å². The highest BCUT2D eigenvalue weighted by molar-refractivity contribution is 5.88. The van der Waals surface area contributed by atoms with E-state index < -0.39 is 5.41 Å². The second kappa shape index (κ2) is 7.79. The number of hydrogen-bond acceptors (Lipinski definition) is 3. The van der Waals surface area contributed by atoms with Crippen molar-refractivity contribution in [2.75, 3.05) is 6.54 Å². The zero-order valence-corrected chi connectivity index (χ0v) is 15.7. The molecule has 0 bridgehead atoms. The molecular formula is C21H27FN4O. The first-order chi connectivity index (χ1) is 13.2. The van der Waals surface area contributed by atoms with Gasteiger partial charge in [0.15, 0.2) is 0 Å². The van der Waals surface area contributed by atoms with Gasteiger partial charge in [0.2, 0.25) is 5.91 Å². The van der Waals surface area contributed by atoms with Gasteiger partial charge in [-0.2, -0.15) is 0 Å². The first-order valence-electron chi connectivity index (χ1n) is 10.1.